The average Bonchev–Trinajstić information content (AvgIpc) is 2.27. The number of amides is 1. The zero-order valence-electron chi connectivity index (χ0n) is 9.54. The van der Waals surface area contributed by atoms with Crippen molar-refractivity contribution in [2.75, 3.05) is 33.3 Å². The molecule has 88 valence electrons. The summed E-state index contributed by atoms with van der Waals surface area (Å²) < 4.78 is 0. The smallest absolute Gasteiger partial charge is 0.222 e. The van der Waals surface area contributed by atoms with E-state index in [0.717, 1.165) is 19.5 Å². The average molecular weight is 214 g/mol. The molecule has 0 aromatic rings. The van der Waals surface area contributed by atoms with Gasteiger partial charge in [-0.25, -0.2) is 0 Å². The van der Waals surface area contributed by atoms with Crippen LogP contribution in [0.15, 0.2) is 0 Å². The number of likely N-dealkylation sites (N-methyl/N-ethyl adjacent to an activating group) is 1. The fourth-order valence-electron chi connectivity index (χ4n) is 1.96. The van der Waals surface area contributed by atoms with Gasteiger partial charge in [-0.3, -0.25) is 4.79 Å². The zero-order valence-corrected chi connectivity index (χ0v) is 9.54. The molecule has 15 heavy (non-hydrogen) atoms. The highest BCUT2D eigenvalue weighted by atomic mass is 16.3. The van der Waals surface area contributed by atoms with E-state index in [-0.39, 0.29) is 12.5 Å². The molecule has 1 amide bonds. The van der Waals surface area contributed by atoms with Gasteiger partial charge in [0.15, 0.2) is 0 Å². The fraction of sp³-hybridized carbons (Fsp3) is 0.909. The minimum atomic E-state index is 0.0488. The molecule has 0 aromatic heterocycles. The molecule has 0 radical (unpaired) electrons. The number of hydrogen-bond acceptors (Lipinski definition) is 3. The van der Waals surface area contributed by atoms with Crippen molar-refractivity contribution < 1.29 is 9.90 Å². The van der Waals surface area contributed by atoms with Gasteiger partial charge in [0.2, 0.25) is 5.91 Å². The van der Waals surface area contributed by atoms with Crippen molar-refractivity contribution in [1.82, 2.24) is 10.2 Å². The molecule has 1 rings (SSSR count). The molecular weight excluding hydrogens is 192 g/mol. The summed E-state index contributed by atoms with van der Waals surface area (Å²) in [6, 6.07) is 0. The Morgan fingerprint density at radius 2 is 2.40 bits per heavy atom. The lowest BCUT2D eigenvalue weighted by molar-refractivity contribution is -0.130. The summed E-state index contributed by atoms with van der Waals surface area (Å²) in [6.07, 6.45) is 4.06. The molecule has 0 spiro atoms. The van der Waals surface area contributed by atoms with Gasteiger partial charge < -0.3 is 15.3 Å². The fourth-order valence-corrected chi connectivity index (χ4v) is 1.96. The van der Waals surface area contributed by atoms with Crippen LogP contribution in [-0.2, 0) is 4.79 Å². The molecule has 4 nitrogen and oxygen atoms in total. The van der Waals surface area contributed by atoms with E-state index in [1.807, 2.05) is 0 Å². The Bertz CT molecular complexity index is 191. The summed E-state index contributed by atoms with van der Waals surface area (Å²) in [5.41, 5.74) is 0. The molecule has 1 heterocycles. The van der Waals surface area contributed by atoms with E-state index < -0.39 is 0 Å². The highest BCUT2D eigenvalue weighted by Gasteiger charge is 2.15. The Labute approximate surface area is 91.6 Å². The number of nitrogens with zero attached hydrogens (tertiary/aromatic N) is 1. The number of carbonyl (C=O) groups excluding carboxylic acids is 1. The molecule has 1 unspecified atom stereocenters. The number of aliphatic hydroxyl groups is 1. The summed E-state index contributed by atoms with van der Waals surface area (Å²) in [6.45, 7) is 2.67. The first kappa shape index (κ1) is 12.5. The number of hydrogen-bond donors (Lipinski definition) is 2. The zero-order chi connectivity index (χ0) is 11.1. The lowest BCUT2D eigenvalue weighted by Crippen LogP contribution is -2.32. The van der Waals surface area contributed by atoms with Crippen molar-refractivity contribution >= 4 is 5.91 Å². The van der Waals surface area contributed by atoms with Crippen molar-refractivity contribution in [2.45, 2.75) is 25.7 Å². The lowest BCUT2D eigenvalue weighted by atomic mass is 9.94. The van der Waals surface area contributed by atoms with E-state index in [4.69, 9.17) is 5.11 Å². The van der Waals surface area contributed by atoms with E-state index in [0.29, 0.717) is 18.9 Å². The summed E-state index contributed by atoms with van der Waals surface area (Å²) in [5.74, 6) is 0.805. The van der Waals surface area contributed by atoms with Crippen LogP contribution < -0.4 is 5.32 Å². The number of nitrogens with one attached hydrogen (secondary N) is 1. The van der Waals surface area contributed by atoms with Gasteiger partial charge in [-0.1, -0.05) is 0 Å². The van der Waals surface area contributed by atoms with Gasteiger partial charge in [0.25, 0.3) is 0 Å². The van der Waals surface area contributed by atoms with Gasteiger partial charge in [0.1, 0.15) is 0 Å². The predicted octanol–water partition coefficient (Wildman–Crippen LogP) is 0.217. The van der Waals surface area contributed by atoms with E-state index >= 15 is 0 Å². The summed E-state index contributed by atoms with van der Waals surface area (Å²) in [4.78, 5) is 13.2. The maximum absolute atomic E-state index is 11.6. The Hall–Kier alpha value is -0.610. The van der Waals surface area contributed by atoms with Crippen LogP contribution in [0, 0.1) is 5.92 Å². The van der Waals surface area contributed by atoms with E-state index in [9.17, 15) is 4.79 Å². The van der Waals surface area contributed by atoms with Crippen LogP contribution in [-0.4, -0.2) is 49.2 Å². The molecule has 1 atom stereocenters. The van der Waals surface area contributed by atoms with Crippen LogP contribution in [0.25, 0.3) is 0 Å². The molecule has 1 aliphatic rings. The molecular formula is C11H22N2O2. The number of piperidine rings is 1. The Balaban J connectivity index is 2.14. The molecule has 0 saturated carbocycles. The van der Waals surface area contributed by atoms with Gasteiger partial charge in [-0.05, 0) is 38.3 Å². The van der Waals surface area contributed by atoms with Crippen LogP contribution in [0.4, 0.5) is 0 Å². The molecule has 4 heteroatoms. The van der Waals surface area contributed by atoms with Crippen LogP contribution in [0.2, 0.25) is 0 Å². The molecule has 2 N–H and O–H groups in total. The number of carbonyl (C=O) groups is 1. The first-order chi connectivity index (χ1) is 7.24. The second-order valence-corrected chi connectivity index (χ2v) is 4.29. The van der Waals surface area contributed by atoms with Crippen molar-refractivity contribution in [1.29, 1.82) is 0 Å². The van der Waals surface area contributed by atoms with E-state index in [2.05, 4.69) is 5.32 Å². The molecule has 0 bridgehead atoms. The third-order valence-electron chi connectivity index (χ3n) is 3.03. The highest BCUT2D eigenvalue weighted by molar-refractivity contribution is 5.75. The van der Waals surface area contributed by atoms with Crippen molar-refractivity contribution in [3.05, 3.63) is 0 Å². The second-order valence-electron chi connectivity index (χ2n) is 4.29. The van der Waals surface area contributed by atoms with E-state index in [1.54, 1.807) is 11.9 Å². The molecule has 1 aliphatic heterocycles. The van der Waals surface area contributed by atoms with Crippen LogP contribution in [0.5, 0.6) is 0 Å². The maximum Gasteiger partial charge on any atom is 0.222 e. The van der Waals surface area contributed by atoms with E-state index in [1.165, 1.54) is 12.8 Å². The summed E-state index contributed by atoms with van der Waals surface area (Å²) in [5, 5.41) is 12.0. The second kappa shape index (κ2) is 6.80. The van der Waals surface area contributed by atoms with Gasteiger partial charge >= 0.3 is 0 Å². The van der Waals surface area contributed by atoms with Gasteiger partial charge in [0, 0.05) is 20.0 Å². The molecule has 0 aliphatic carbocycles. The highest BCUT2D eigenvalue weighted by Crippen LogP contribution is 2.16. The van der Waals surface area contributed by atoms with Crippen LogP contribution >= 0.6 is 0 Å². The predicted molar refractivity (Wildman–Crippen MR) is 59.6 cm³/mol. The largest absolute Gasteiger partial charge is 0.395 e. The molecule has 1 saturated heterocycles. The normalized spacial score (nSPS) is 21.3. The maximum atomic E-state index is 11.6. The van der Waals surface area contributed by atoms with Gasteiger partial charge in [0.05, 0.1) is 6.61 Å². The van der Waals surface area contributed by atoms with Crippen molar-refractivity contribution in [2.24, 2.45) is 5.92 Å². The standard InChI is InChI=1S/C11H22N2O2/c1-13(7-8-14)11(15)5-4-10-3-2-6-12-9-10/h10,12,14H,2-9H2,1H3. The lowest BCUT2D eigenvalue weighted by Gasteiger charge is -2.23. The first-order valence-corrected chi connectivity index (χ1v) is 5.79. The summed E-state index contributed by atoms with van der Waals surface area (Å²) >= 11 is 0. The first-order valence-electron chi connectivity index (χ1n) is 5.79. The minimum absolute atomic E-state index is 0.0488. The monoisotopic (exact) mass is 214 g/mol. The third-order valence-corrected chi connectivity index (χ3v) is 3.03. The number of aliphatic hydroxyl groups excluding tert-OH is 1. The quantitative estimate of drug-likeness (QED) is 0.688. The van der Waals surface area contributed by atoms with Crippen LogP contribution in [0.3, 0.4) is 0 Å². The van der Waals surface area contributed by atoms with Crippen LogP contribution in [0.1, 0.15) is 25.7 Å². The number of rotatable bonds is 5. The Morgan fingerprint density at radius 1 is 1.60 bits per heavy atom. The van der Waals surface area contributed by atoms with Crippen molar-refractivity contribution in [3.63, 3.8) is 0 Å². The van der Waals surface area contributed by atoms with Gasteiger partial charge in [-0.2, -0.15) is 0 Å². The van der Waals surface area contributed by atoms with Gasteiger partial charge in [-0.15, -0.1) is 0 Å². The molecule has 0 aromatic carbocycles. The third kappa shape index (κ3) is 4.62. The minimum Gasteiger partial charge on any atom is -0.395 e. The summed E-state index contributed by atoms with van der Waals surface area (Å²) in [7, 11) is 1.75. The molecule has 1 fully saturated rings. The Morgan fingerprint density at radius 3 is 3.00 bits per heavy atom. The van der Waals surface area contributed by atoms with Crippen molar-refractivity contribution in [3.8, 4) is 0 Å². The topological polar surface area (TPSA) is 52.6 Å². The SMILES string of the molecule is CN(CCO)C(=O)CCC1CCCNC1. The Kier molecular flexibility index (Phi) is 5.65.